The minimum absolute atomic E-state index is 0.378. The zero-order chi connectivity index (χ0) is 13.2. The summed E-state index contributed by atoms with van der Waals surface area (Å²) in [6, 6.07) is 0. The van der Waals surface area contributed by atoms with Crippen LogP contribution >= 0.6 is 0 Å². The lowest BCUT2D eigenvalue weighted by molar-refractivity contribution is 0.411. The van der Waals surface area contributed by atoms with E-state index in [1.54, 1.807) is 0 Å². The lowest BCUT2D eigenvalue weighted by atomic mass is 9.97. The molecule has 100 valence electrons. The Morgan fingerprint density at radius 1 is 1.44 bits per heavy atom. The van der Waals surface area contributed by atoms with Gasteiger partial charge in [-0.2, -0.15) is 0 Å². The molecular formula is C11H19N5OS. The fraction of sp³-hybridized carbons (Fsp3) is 0.636. The monoisotopic (exact) mass is 269 g/mol. The van der Waals surface area contributed by atoms with Crippen LogP contribution in [0.4, 0.5) is 5.95 Å². The summed E-state index contributed by atoms with van der Waals surface area (Å²) in [7, 11) is -2.72. The van der Waals surface area contributed by atoms with Crippen molar-refractivity contribution in [3.05, 3.63) is 12.4 Å². The largest absolute Gasteiger partial charge is 0.341 e. The second kappa shape index (κ2) is 5.19. The number of hydrogen-bond acceptors (Lipinski definition) is 6. The van der Waals surface area contributed by atoms with Crippen LogP contribution in [0.2, 0.25) is 0 Å². The second-order valence-corrected chi connectivity index (χ2v) is 6.89. The van der Waals surface area contributed by atoms with E-state index in [-0.39, 0.29) is 0 Å². The van der Waals surface area contributed by atoms with E-state index in [1.807, 2.05) is 0 Å². The first-order valence-corrected chi connectivity index (χ1v) is 7.98. The Labute approximate surface area is 108 Å². The zero-order valence-corrected chi connectivity index (χ0v) is 11.3. The summed E-state index contributed by atoms with van der Waals surface area (Å²) in [5.41, 5.74) is 5.65. The quantitative estimate of drug-likeness (QED) is 0.841. The van der Waals surface area contributed by atoms with Crippen LogP contribution in [-0.2, 0) is 9.73 Å². The number of anilines is 1. The molecule has 6 nitrogen and oxygen atoms in total. The van der Waals surface area contributed by atoms with Crippen LogP contribution in [0.1, 0.15) is 12.8 Å². The molecule has 0 aromatic carbocycles. The van der Waals surface area contributed by atoms with Gasteiger partial charge in [0.1, 0.15) is 0 Å². The van der Waals surface area contributed by atoms with Gasteiger partial charge >= 0.3 is 0 Å². The van der Waals surface area contributed by atoms with Gasteiger partial charge in [-0.1, -0.05) is 0 Å². The molecule has 0 amide bonds. The van der Waals surface area contributed by atoms with Gasteiger partial charge in [0, 0.05) is 31.7 Å². The lowest BCUT2D eigenvalue weighted by Gasteiger charge is -2.31. The number of nitrogens with one attached hydrogen (secondary N) is 1. The summed E-state index contributed by atoms with van der Waals surface area (Å²) in [4.78, 5) is 10.9. The summed E-state index contributed by atoms with van der Waals surface area (Å²) in [6.07, 6.45) is 6.48. The minimum atomic E-state index is -2.72. The molecule has 1 fully saturated rings. The van der Waals surface area contributed by atoms with Crippen LogP contribution in [0.5, 0.6) is 0 Å². The van der Waals surface area contributed by atoms with Crippen LogP contribution < -0.4 is 10.6 Å². The molecule has 18 heavy (non-hydrogen) atoms. The van der Waals surface area contributed by atoms with Gasteiger partial charge in [-0.25, -0.2) is 19.0 Å². The molecule has 0 bridgehead atoms. The molecule has 1 atom stereocenters. The van der Waals surface area contributed by atoms with Crippen molar-refractivity contribution < 1.29 is 4.21 Å². The topological polar surface area (TPSA) is 96.0 Å². The minimum Gasteiger partial charge on any atom is -0.341 e. The number of piperidine rings is 1. The van der Waals surface area contributed by atoms with Crippen molar-refractivity contribution in [2.24, 2.45) is 11.7 Å². The maximum absolute atomic E-state index is 11.5. The molecule has 7 heteroatoms. The van der Waals surface area contributed by atoms with Crippen molar-refractivity contribution in [1.82, 2.24) is 9.97 Å². The van der Waals surface area contributed by atoms with Crippen LogP contribution in [0.25, 0.3) is 0 Å². The predicted octanol–water partition coefficient (Wildman–Crippen LogP) is 0.687. The van der Waals surface area contributed by atoms with E-state index < -0.39 is 9.73 Å². The summed E-state index contributed by atoms with van der Waals surface area (Å²) in [6.45, 7) is 2.55. The van der Waals surface area contributed by atoms with Crippen molar-refractivity contribution in [3.63, 3.8) is 0 Å². The number of rotatable bonds is 3. The van der Waals surface area contributed by atoms with Crippen LogP contribution in [0.15, 0.2) is 17.3 Å². The summed E-state index contributed by atoms with van der Waals surface area (Å²) >= 11 is 0. The van der Waals surface area contributed by atoms with E-state index in [0.717, 1.165) is 32.5 Å². The van der Waals surface area contributed by atoms with Crippen LogP contribution in [-0.4, -0.2) is 40.1 Å². The van der Waals surface area contributed by atoms with Gasteiger partial charge in [-0.15, -0.1) is 0 Å². The second-order valence-electron chi connectivity index (χ2n) is 4.73. The van der Waals surface area contributed by atoms with E-state index in [0.29, 0.717) is 16.8 Å². The Bertz CT molecular complexity index is 491. The average Bonchev–Trinajstić information content (AvgIpc) is 2.38. The smallest absolute Gasteiger partial charge is 0.225 e. The van der Waals surface area contributed by atoms with Crippen molar-refractivity contribution >= 4 is 15.7 Å². The van der Waals surface area contributed by atoms with Crippen LogP contribution in [0.3, 0.4) is 0 Å². The van der Waals surface area contributed by atoms with Gasteiger partial charge in [0.15, 0.2) is 0 Å². The lowest BCUT2D eigenvalue weighted by Crippen LogP contribution is -2.37. The van der Waals surface area contributed by atoms with Gasteiger partial charge in [0.25, 0.3) is 0 Å². The highest BCUT2D eigenvalue weighted by molar-refractivity contribution is 7.91. The number of hydrogen-bond donors (Lipinski definition) is 2. The number of aromatic nitrogens is 2. The third-order valence-corrected chi connectivity index (χ3v) is 4.41. The van der Waals surface area contributed by atoms with Gasteiger partial charge in [-0.3, -0.25) is 0 Å². The molecule has 0 radical (unpaired) electrons. The molecular weight excluding hydrogens is 250 g/mol. The molecule has 3 N–H and O–H groups in total. The van der Waals surface area contributed by atoms with Crippen molar-refractivity contribution in [2.45, 2.75) is 17.7 Å². The molecule has 0 aliphatic carbocycles. The van der Waals surface area contributed by atoms with Crippen molar-refractivity contribution in [1.29, 1.82) is 4.78 Å². The first-order chi connectivity index (χ1) is 8.50. The molecule has 1 aromatic rings. The Morgan fingerprint density at radius 3 is 2.44 bits per heavy atom. The molecule has 2 heterocycles. The maximum Gasteiger partial charge on any atom is 0.225 e. The first kappa shape index (κ1) is 13.2. The maximum atomic E-state index is 11.5. The van der Waals surface area contributed by atoms with Crippen molar-refractivity contribution in [3.8, 4) is 0 Å². The molecule has 1 aliphatic heterocycles. The molecule has 2 rings (SSSR count). The fourth-order valence-corrected chi connectivity index (χ4v) is 2.55. The fourth-order valence-electron chi connectivity index (χ4n) is 2.04. The van der Waals surface area contributed by atoms with Gasteiger partial charge in [0.2, 0.25) is 5.95 Å². The van der Waals surface area contributed by atoms with Crippen LogP contribution in [0, 0.1) is 10.7 Å². The standard InChI is InChI=1S/C11H19N5OS/c1-18(13,17)10-7-14-11(15-8-10)16-4-2-9(6-12)3-5-16/h7-9,13H,2-6,12H2,1H3. The van der Waals surface area contributed by atoms with Gasteiger partial charge in [0.05, 0.1) is 14.6 Å². The molecule has 0 saturated carbocycles. The summed E-state index contributed by atoms with van der Waals surface area (Å²) in [5.74, 6) is 1.25. The van der Waals surface area contributed by atoms with Crippen molar-refractivity contribution in [2.75, 3.05) is 30.8 Å². The van der Waals surface area contributed by atoms with E-state index in [2.05, 4.69) is 14.9 Å². The molecule has 0 spiro atoms. The normalized spacial score (nSPS) is 20.7. The molecule has 1 saturated heterocycles. The summed E-state index contributed by atoms with van der Waals surface area (Å²) < 4.78 is 19.0. The Kier molecular flexibility index (Phi) is 3.82. The van der Waals surface area contributed by atoms with E-state index >= 15 is 0 Å². The highest BCUT2D eigenvalue weighted by atomic mass is 32.2. The Morgan fingerprint density at radius 2 is 2.00 bits per heavy atom. The zero-order valence-electron chi connectivity index (χ0n) is 10.5. The number of nitrogens with zero attached hydrogens (tertiary/aromatic N) is 3. The summed E-state index contributed by atoms with van der Waals surface area (Å²) in [5, 5.41) is 0. The molecule has 1 aliphatic rings. The SMILES string of the molecule is CS(=N)(=O)c1cnc(N2CCC(CN)CC2)nc1. The van der Waals surface area contributed by atoms with E-state index in [4.69, 9.17) is 10.5 Å². The highest BCUT2D eigenvalue weighted by Crippen LogP contribution is 2.20. The molecule has 1 unspecified atom stereocenters. The molecule has 1 aromatic heterocycles. The third-order valence-electron chi connectivity index (χ3n) is 3.30. The van der Waals surface area contributed by atoms with Gasteiger partial charge in [-0.05, 0) is 25.3 Å². The van der Waals surface area contributed by atoms with E-state index in [1.165, 1.54) is 18.6 Å². The highest BCUT2D eigenvalue weighted by Gasteiger charge is 2.20. The average molecular weight is 269 g/mol. The number of nitrogens with two attached hydrogens (primary N) is 1. The first-order valence-electron chi connectivity index (χ1n) is 6.01. The Balaban J connectivity index is 2.07. The van der Waals surface area contributed by atoms with Gasteiger partial charge < -0.3 is 10.6 Å². The van der Waals surface area contributed by atoms with E-state index in [9.17, 15) is 4.21 Å². The Hall–Kier alpha value is -1.21. The third kappa shape index (κ3) is 2.97. The predicted molar refractivity (Wildman–Crippen MR) is 71.1 cm³/mol.